The Kier molecular flexibility index (Phi) is 6.46. The number of halogens is 2. The Morgan fingerprint density at radius 1 is 0.971 bits per heavy atom. The number of para-hydroxylation sites is 1. The molecule has 180 valence electrons. The lowest BCUT2D eigenvalue weighted by Crippen LogP contribution is -2.34. The quantitative estimate of drug-likeness (QED) is 0.431. The summed E-state index contributed by atoms with van der Waals surface area (Å²) in [5.41, 5.74) is 0.865. The van der Waals surface area contributed by atoms with Gasteiger partial charge in [0, 0.05) is 37.2 Å². The molecule has 0 spiro atoms. The number of aromatic nitrogens is 4. The summed E-state index contributed by atoms with van der Waals surface area (Å²) < 4.78 is 0.892. The molecule has 0 saturated carbocycles. The van der Waals surface area contributed by atoms with Crippen molar-refractivity contribution in [3.63, 3.8) is 0 Å². The van der Waals surface area contributed by atoms with Crippen molar-refractivity contribution in [3.8, 4) is 5.69 Å². The maximum atomic E-state index is 13.1. The highest BCUT2D eigenvalue weighted by Crippen LogP contribution is 2.26. The first-order valence-corrected chi connectivity index (χ1v) is 11.9. The van der Waals surface area contributed by atoms with Gasteiger partial charge in [-0.3, -0.25) is 9.78 Å². The highest BCUT2D eigenvalue weighted by atomic mass is 35.5. The number of benzene rings is 2. The number of aromatic amines is 1. The molecule has 4 aromatic rings. The van der Waals surface area contributed by atoms with Crippen molar-refractivity contribution < 1.29 is 0 Å². The van der Waals surface area contributed by atoms with Crippen LogP contribution in [-0.2, 0) is 0 Å². The van der Waals surface area contributed by atoms with Crippen LogP contribution in [0.2, 0.25) is 10.0 Å². The number of rotatable bonds is 4. The van der Waals surface area contributed by atoms with E-state index in [1.807, 2.05) is 12.1 Å². The Morgan fingerprint density at radius 2 is 1.71 bits per heavy atom. The third-order valence-corrected chi connectivity index (χ3v) is 6.63. The van der Waals surface area contributed by atoms with Gasteiger partial charge in [0.1, 0.15) is 5.39 Å². The molecule has 1 aliphatic heterocycles. The van der Waals surface area contributed by atoms with Crippen LogP contribution >= 0.6 is 23.2 Å². The highest BCUT2D eigenvalue weighted by Gasteiger charge is 2.17. The molecule has 1 aliphatic rings. The van der Waals surface area contributed by atoms with Gasteiger partial charge in [0.2, 0.25) is 5.95 Å². The number of nitrogens with one attached hydrogen (secondary N) is 2. The average Bonchev–Trinajstić information content (AvgIpc) is 3.05. The molecule has 2 aromatic heterocycles. The van der Waals surface area contributed by atoms with Crippen molar-refractivity contribution in [2.75, 3.05) is 43.4 Å². The Labute approximate surface area is 210 Å². The van der Waals surface area contributed by atoms with Crippen LogP contribution in [0, 0.1) is 0 Å². The molecule has 0 bridgehead atoms. The number of H-pyrrole nitrogens is 1. The van der Waals surface area contributed by atoms with E-state index in [9.17, 15) is 9.59 Å². The normalized spacial score (nSPS) is 14.8. The van der Waals surface area contributed by atoms with Gasteiger partial charge in [-0.1, -0.05) is 29.3 Å². The van der Waals surface area contributed by atoms with Crippen molar-refractivity contribution in [1.82, 2.24) is 24.4 Å². The molecule has 3 heterocycles. The minimum atomic E-state index is -0.699. The predicted octanol–water partition coefficient (Wildman–Crippen LogP) is 3.66. The van der Waals surface area contributed by atoms with Crippen LogP contribution < -0.4 is 21.5 Å². The summed E-state index contributed by atoms with van der Waals surface area (Å²) in [5.74, 6) is 0.255. The number of fused-ring (bicyclic) bond motifs is 1. The standard InChI is InChI=1S/C24H23Cl2N7O2/c1-31-10-3-11-32(13-12-31)16-8-6-15(7-9-16)28-23-27-14-17-21(29-23)30-24(35)33(22(17)34)20-18(25)4-2-5-19(20)26/h2,4-9,14H,3,10-13H2,1H3,(H2,27,28,29,30,35). The lowest BCUT2D eigenvalue weighted by Gasteiger charge is -2.23. The number of hydrogen-bond acceptors (Lipinski definition) is 7. The molecule has 1 fully saturated rings. The summed E-state index contributed by atoms with van der Waals surface area (Å²) in [6.45, 7) is 4.15. The fraction of sp³-hybridized carbons (Fsp3) is 0.250. The van der Waals surface area contributed by atoms with E-state index in [2.05, 4.69) is 49.2 Å². The first-order chi connectivity index (χ1) is 16.9. The molecule has 0 amide bonds. The summed E-state index contributed by atoms with van der Waals surface area (Å²) in [5, 5.41) is 3.62. The zero-order valence-electron chi connectivity index (χ0n) is 19.0. The van der Waals surface area contributed by atoms with E-state index >= 15 is 0 Å². The third-order valence-electron chi connectivity index (χ3n) is 6.02. The number of likely N-dealkylation sites (N-methyl/N-ethyl adjacent to an activating group) is 1. The fourth-order valence-corrected chi connectivity index (χ4v) is 4.73. The van der Waals surface area contributed by atoms with Gasteiger partial charge in [0.15, 0.2) is 5.65 Å². The number of nitrogens with zero attached hydrogens (tertiary/aromatic N) is 5. The average molecular weight is 512 g/mol. The summed E-state index contributed by atoms with van der Waals surface area (Å²) in [6, 6.07) is 12.8. The second-order valence-corrected chi connectivity index (χ2v) is 9.23. The second kappa shape index (κ2) is 9.69. The zero-order valence-corrected chi connectivity index (χ0v) is 20.5. The van der Waals surface area contributed by atoms with Crippen LogP contribution in [-0.4, -0.2) is 57.6 Å². The van der Waals surface area contributed by atoms with E-state index in [0.717, 1.165) is 48.5 Å². The maximum absolute atomic E-state index is 13.1. The summed E-state index contributed by atoms with van der Waals surface area (Å²) >= 11 is 12.4. The van der Waals surface area contributed by atoms with E-state index in [0.29, 0.717) is 0 Å². The van der Waals surface area contributed by atoms with Crippen molar-refractivity contribution in [3.05, 3.63) is 79.5 Å². The van der Waals surface area contributed by atoms with E-state index in [-0.39, 0.29) is 32.7 Å². The molecular formula is C24H23Cl2N7O2. The monoisotopic (exact) mass is 511 g/mol. The summed E-state index contributed by atoms with van der Waals surface area (Å²) in [7, 11) is 2.15. The van der Waals surface area contributed by atoms with E-state index < -0.39 is 11.2 Å². The number of anilines is 3. The van der Waals surface area contributed by atoms with Crippen LogP contribution in [0.5, 0.6) is 0 Å². The van der Waals surface area contributed by atoms with Crippen LogP contribution in [0.1, 0.15) is 6.42 Å². The third kappa shape index (κ3) is 4.75. The van der Waals surface area contributed by atoms with Crippen LogP contribution in [0.4, 0.5) is 17.3 Å². The Balaban J connectivity index is 1.42. The van der Waals surface area contributed by atoms with Gasteiger partial charge in [-0.15, -0.1) is 0 Å². The molecule has 0 unspecified atom stereocenters. The molecule has 11 heteroatoms. The largest absolute Gasteiger partial charge is 0.370 e. The van der Waals surface area contributed by atoms with E-state index in [1.165, 1.54) is 6.20 Å². The van der Waals surface area contributed by atoms with E-state index in [1.54, 1.807) is 18.2 Å². The van der Waals surface area contributed by atoms with Crippen molar-refractivity contribution in [1.29, 1.82) is 0 Å². The summed E-state index contributed by atoms with van der Waals surface area (Å²) in [4.78, 5) is 41.8. The fourth-order valence-electron chi connectivity index (χ4n) is 4.16. The molecule has 0 radical (unpaired) electrons. The van der Waals surface area contributed by atoms with Gasteiger partial charge < -0.3 is 15.1 Å². The van der Waals surface area contributed by atoms with Gasteiger partial charge in [-0.05, 0) is 56.4 Å². The molecule has 2 N–H and O–H groups in total. The van der Waals surface area contributed by atoms with Gasteiger partial charge in [0.05, 0.1) is 15.7 Å². The Morgan fingerprint density at radius 3 is 2.46 bits per heavy atom. The molecule has 0 aliphatic carbocycles. The lowest BCUT2D eigenvalue weighted by atomic mass is 10.2. The smallest absolute Gasteiger partial charge is 0.334 e. The molecular weight excluding hydrogens is 489 g/mol. The van der Waals surface area contributed by atoms with Crippen LogP contribution in [0.15, 0.2) is 58.3 Å². The van der Waals surface area contributed by atoms with Crippen LogP contribution in [0.25, 0.3) is 16.7 Å². The molecule has 2 aromatic carbocycles. The topological polar surface area (TPSA) is 99.1 Å². The minimum Gasteiger partial charge on any atom is -0.370 e. The second-order valence-electron chi connectivity index (χ2n) is 8.41. The van der Waals surface area contributed by atoms with Gasteiger partial charge >= 0.3 is 5.69 Å². The SMILES string of the molecule is CN1CCCN(c2ccc(Nc3ncc4c(=O)n(-c5c(Cl)cccc5Cl)c(=O)[nH]c4n3)cc2)CC1. The first kappa shape index (κ1) is 23.3. The van der Waals surface area contributed by atoms with Crippen molar-refractivity contribution >= 4 is 51.6 Å². The van der Waals surface area contributed by atoms with E-state index in [4.69, 9.17) is 23.2 Å². The summed E-state index contributed by atoms with van der Waals surface area (Å²) in [6.07, 6.45) is 2.50. The molecule has 1 saturated heterocycles. The predicted molar refractivity (Wildman–Crippen MR) is 140 cm³/mol. The number of hydrogen-bond donors (Lipinski definition) is 2. The highest BCUT2D eigenvalue weighted by molar-refractivity contribution is 6.37. The molecule has 9 nitrogen and oxygen atoms in total. The van der Waals surface area contributed by atoms with Crippen molar-refractivity contribution in [2.24, 2.45) is 0 Å². The van der Waals surface area contributed by atoms with Gasteiger partial charge in [-0.25, -0.2) is 14.3 Å². The zero-order chi connectivity index (χ0) is 24.5. The molecule has 5 rings (SSSR count). The Hall–Kier alpha value is -3.40. The maximum Gasteiger partial charge on any atom is 0.334 e. The first-order valence-electron chi connectivity index (χ1n) is 11.2. The molecule has 0 atom stereocenters. The minimum absolute atomic E-state index is 0.113. The van der Waals surface area contributed by atoms with Gasteiger partial charge in [0.25, 0.3) is 5.56 Å². The Bertz CT molecular complexity index is 1480. The lowest BCUT2D eigenvalue weighted by molar-refractivity contribution is 0.360. The molecule has 35 heavy (non-hydrogen) atoms. The van der Waals surface area contributed by atoms with Crippen LogP contribution in [0.3, 0.4) is 0 Å². The van der Waals surface area contributed by atoms with Crippen molar-refractivity contribution in [2.45, 2.75) is 6.42 Å². The van der Waals surface area contributed by atoms with Gasteiger partial charge in [-0.2, -0.15) is 4.98 Å².